The lowest BCUT2D eigenvalue weighted by Gasteiger charge is -2.44. The van der Waals surface area contributed by atoms with Crippen molar-refractivity contribution in [1.82, 2.24) is 0 Å². The summed E-state index contributed by atoms with van der Waals surface area (Å²) in [5.74, 6) is -78.9. The molecule has 0 spiro atoms. The molecular formula is C30H37F21O2. The van der Waals surface area contributed by atoms with Crippen molar-refractivity contribution < 1.29 is 102 Å². The third-order valence-electron chi connectivity index (χ3n) is 7.90. The van der Waals surface area contributed by atoms with Crippen LogP contribution in [0, 0.1) is 0 Å². The van der Waals surface area contributed by atoms with E-state index in [2.05, 4.69) is 11.7 Å². The van der Waals surface area contributed by atoms with Crippen LogP contribution in [0.15, 0.2) is 12.2 Å². The normalized spacial score (nSPS) is 15.1. The predicted octanol–water partition coefficient (Wildman–Crippen LogP) is 13.2. The number of unbranched alkanes of at least 4 members (excludes halogenated alkanes) is 11. The van der Waals surface area contributed by atoms with Gasteiger partial charge in [-0.25, -0.2) is 0 Å². The first-order chi connectivity index (χ1) is 23.7. The molecule has 0 saturated heterocycles. The van der Waals surface area contributed by atoms with E-state index in [1.807, 2.05) is 12.2 Å². The minimum atomic E-state index is -9.21. The summed E-state index contributed by atoms with van der Waals surface area (Å²) in [6.07, 6.45) is 3.32. The Hall–Kier alpha value is -2.26. The lowest BCUT2D eigenvalue weighted by Crippen LogP contribution is -2.76. The summed E-state index contributed by atoms with van der Waals surface area (Å²) < 4.78 is 287. The smallest absolute Gasteiger partial charge is 0.460 e. The summed E-state index contributed by atoms with van der Waals surface area (Å²) in [6, 6.07) is 0. The van der Waals surface area contributed by atoms with Crippen molar-refractivity contribution >= 4 is 5.97 Å². The molecule has 0 rings (SSSR count). The van der Waals surface area contributed by atoms with Crippen LogP contribution in [-0.2, 0) is 9.53 Å². The van der Waals surface area contributed by atoms with Crippen LogP contribution in [0.4, 0.5) is 92.2 Å². The Kier molecular flexibility index (Phi) is 17.8. The zero-order chi connectivity index (χ0) is 42.0. The lowest BCUT2D eigenvalue weighted by atomic mass is 9.86. The molecule has 0 aromatic rings. The summed E-state index contributed by atoms with van der Waals surface area (Å²) in [7, 11) is 0. The number of carbonyl (C=O) groups excluding carboxylic acids is 1. The molecule has 0 unspecified atom stereocenters. The summed E-state index contributed by atoms with van der Waals surface area (Å²) in [5, 5.41) is 0. The van der Waals surface area contributed by atoms with Crippen molar-refractivity contribution in [2.24, 2.45) is 0 Å². The molecule has 53 heavy (non-hydrogen) atoms. The van der Waals surface area contributed by atoms with Crippen LogP contribution in [0.5, 0.6) is 0 Å². The van der Waals surface area contributed by atoms with Gasteiger partial charge in [-0.2, -0.15) is 92.2 Å². The molecule has 0 aliphatic heterocycles. The molecule has 0 aliphatic rings. The third-order valence-corrected chi connectivity index (χ3v) is 7.90. The van der Waals surface area contributed by atoms with Gasteiger partial charge < -0.3 is 4.74 Å². The third kappa shape index (κ3) is 10.7. The van der Waals surface area contributed by atoms with Crippen LogP contribution in [0.2, 0.25) is 0 Å². The van der Waals surface area contributed by atoms with Gasteiger partial charge in [-0.05, 0) is 32.1 Å². The summed E-state index contributed by atoms with van der Waals surface area (Å²) in [4.78, 5) is 11.6. The lowest BCUT2D eigenvalue weighted by molar-refractivity contribution is -0.474. The fourth-order valence-electron chi connectivity index (χ4n) is 4.45. The van der Waals surface area contributed by atoms with Gasteiger partial charge in [0, 0.05) is 6.42 Å². The topological polar surface area (TPSA) is 26.3 Å². The number of hydrogen-bond acceptors (Lipinski definition) is 2. The van der Waals surface area contributed by atoms with Crippen molar-refractivity contribution in [3.8, 4) is 0 Å². The quantitative estimate of drug-likeness (QED) is 0.0376. The molecule has 0 aliphatic carbocycles. The molecule has 0 atom stereocenters. The number of carbonyl (C=O) groups is 1. The molecule has 23 heteroatoms. The van der Waals surface area contributed by atoms with Crippen molar-refractivity contribution in [2.45, 2.75) is 163 Å². The molecule has 0 N–H and O–H groups in total. The molecular weight excluding hydrogens is 791 g/mol. The Morgan fingerprint density at radius 1 is 0.434 bits per heavy atom. The predicted molar refractivity (Wildman–Crippen MR) is 146 cm³/mol. The van der Waals surface area contributed by atoms with E-state index in [1.165, 1.54) is 12.8 Å². The van der Waals surface area contributed by atoms with Gasteiger partial charge in [-0.3, -0.25) is 4.79 Å². The van der Waals surface area contributed by atoms with Crippen LogP contribution in [-0.4, -0.2) is 72.1 Å². The van der Waals surface area contributed by atoms with Crippen LogP contribution in [0.1, 0.15) is 103 Å². The number of esters is 1. The Morgan fingerprint density at radius 2 is 0.755 bits per heavy atom. The highest BCUT2D eigenvalue weighted by Gasteiger charge is 2.97. The van der Waals surface area contributed by atoms with E-state index in [0.717, 1.165) is 44.9 Å². The number of allylic oxidation sites excluding steroid dienone is 2. The van der Waals surface area contributed by atoms with Gasteiger partial charge in [0.15, 0.2) is 0 Å². The summed E-state index contributed by atoms with van der Waals surface area (Å²) in [6.45, 7) is 0.0513. The van der Waals surface area contributed by atoms with E-state index in [0.29, 0.717) is 19.3 Å². The number of alkyl halides is 21. The zero-order valence-corrected chi connectivity index (χ0v) is 27.7. The average Bonchev–Trinajstić information content (AvgIpc) is 3.01. The van der Waals surface area contributed by atoms with E-state index in [1.54, 1.807) is 0 Å². The molecule has 0 aromatic heterocycles. The summed E-state index contributed by atoms with van der Waals surface area (Å²) >= 11 is 0. The highest BCUT2D eigenvalue weighted by Crippen LogP contribution is 2.66. The maximum Gasteiger partial charge on any atom is 0.460 e. The summed E-state index contributed by atoms with van der Waals surface area (Å²) in [5.41, 5.74) is 0. The monoisotopic (exact) mass is 828 g/mol. The van der Waals surface area contributed by atoms with Gasteiger partial charge >= 0.3 is 65.4 Å². The standard InChI is InChI=1S/C30H37F21O2/c1-2-3-4-5-6-7-8-9-10-11-12-13-14-15-16-17-20(52)53-19-18-21(31,32)22(33,34)23(35,36)24(37,38)25(39,40)26(41,42)27(43,44)28(45,46)29(47,48)30(49,50)51/h9-10H,2-8,11-19H2,1H3. The Bertz CT molecular complexity index is 1150. The van der Waals surface area contributed by atoms with Crippen molar-refractivity contribution in [3.63, 3.8) is 0 Å². The molecule has 0 radical (unpaired) electrons. The van der Waals surface area contributed by atoms with E-state index in [4.69, 9.17) is 0 Å². The van der Waals surface area contributed by atoms with Crippen LogP contribution in [0.25, 0.3) is 0 Å². The first kappa shape index (κ1) is 50.7. The maximum atomic E-state index is 14.0. The fraction of sp³-hybridized carbons (Fsp3) is 0.900. The van der Waals surface area contributed by atoms with Gasteiger partial charge in [-0.15, -0.1) is 0 Å². The Balaban J connectivity index is 5.33. The minimum Gasteiger partial charge on any atom is -0.465 e. The van der Waals surface area contributed by atoms with E-state index in [9.17, 15) is 97.0 Å². The van der Waals surface area contributed by atoms with Crippen LogP contribution in [0.3, 0.4) is 0 Å². The Labute approximate surface area is 289 Å². The highest BCUT2D eigenvalue weighted by atomic mass is 19.4. The van der Waals surface area contributed by atoms with Gasteiger partial charge in [-0.1, -0.05) is 70.4 Å². The largest absolute Gasteiger partial charge is 0.465 e. The number of ether oxygens (including phenoxy) is 1. The SMILES string of the molecule is CCCCCCCCC=CCCCCCCCC(=O)OCCC(F)(F)C(F)(F)C(F)(F)C(F)(F)C(F)(F)C(F)(F)C(F)(F)C(F)(F)C(F)(F)C(F)(F)F. The fourth-order valence-corrected chi connectivity index (χ4v) is 4.45. The average molecular weight is 829 g/mol. The molecule has 0 bridgehead atoms. The molecule has 0 fully saturated rings. The van der Waals surface area contributed by atoms with Gasteiger partial charge in [0.25, 0.3) is 0 Å². The van der Waals surface area contributed by atoms with Gasteiger partial charge in [0.2, 0.25) is 0 Å². The second kappa shape index (κ2) is 18.6. The van der Waals surface area contributed by atoms with E-state index >= 15 is 0 Å². The van der Waals surface area contributed by atoms with Crippen molar-refractivity contribution in [3.05, 3.63) is 12.2 Å². The van der Waals surface area contributed by atoms with Crippen molar-refractivity contribution in [2.75, 3.05) is 6.61 Å². The molecule has 0 aromatic carbocycles. The van der Waals surface area contributed by atoms with E-state index < -0.39 is 84.9 Å². The molecule has 316 valence electrons. The molecule has 2 nitrogen and oxygen atoms in total. The first-order valence-electron chi connectivity index (χ1n) is 16.0. The van der Waals surface area contributed by atoms with Crippen LogP contribution < -0.4 is 0 Å². The van der Waals surface area contributed by atoms with E-state index in [-0.39, 0.29) is 6.42 Å². The van der Waals surface area contributed by atoms with Gasteiger partial charge in [0.1, 0.15) is 0 Å². The number of rotatable bonds is 26. The second-order valence-electron chi connectivity index (χ2n) is 12.1. The van der Waals surface area contributed by atoms with Gasteiger partial charge in [0.05, 0.1) is 13.0 Å². The van der Waals surface area contributed by atoms with Crippen molar-refractivity contribution in [1.29, 1.82) is 0 Å². The highest BCUT2D eigenvalue weighted by molar-refractivity contribution is 5.69. The molecule has 0 heterocycles. The first-order valence-corrected chi connectivity index (χ1v) is 16.0. The second-order valence-corrected chi connectivity index (χ2v) is 12.1. The van der Waals surface area contributed by atoms with Crippen LogP contribution >= 0.6 is 0 Å². The number of halogens is 21. The molecule has 0 saturated carbocycles. The number of hydrogen-bond donors (Lipinski definition) is 0. The maximum absolute atomic E-state index is 14.0. The zero-order valence-electron chi connectivity index (χ0n) is 27.7. The minimum absolute atomic E-state index is 0.00538. The Morgan fingerprint density at radius 3 is 1.13 bits per heavy atom. The molecule has 0 amide bonds.